The number of rotatable bonds is 59. The van der Waals surface area contributed by atoms with E-state index in [0.29, 0.717) is 23.9 Å². The molecule has 3 unspecified atom stereocenters. The van der Waals surface area contributed by atoms with Crippen molar-refractivity contribution < 1.29 is 37.3 Å². The molecule has 0 heterocycles. The second kappa shape index (κ2) is 58.4. The molecule has 10 heteroatoms. The van der Waals surface area contributed by atoms with Crippen LogP contribution in [0.25, 0.3) is 0 Å². The van der Waals surface area contributed by atoms with Crippen molar-refractivity contribution in [1.82, 2.24) is 5.32 Å². The smallest absolute Gasteiger partial charge is 0.456 e. The van der Waals surface area contributed by atoms with Gasteiger partial charge in [-0.2, -0.15) is 0 Å². The van der Waals surface area contributed by atoms with Crippen molar-refractivity contribution in [2.45, 2.75) is 303 Å². The molecule has 0 fully saturated rings. The number of esters is 1. The molecule has 0 aliphatic heterocycles. The average molecular weight is 1130 g/mol. The number of phosphoric ester groups is 1. The minimum absolute atomic E-state index is 0.0367. The minimum Gasteiger partial charge on any atom is -0.456 e. The van der Waals surface area contributed by atoms with Crippen LogP contribution in [0.5, 0.6) is 0 Å². The predicted molar refractivity (Wildman–Crippen MR) is 341 cm³/mol. The van der Waals surface area contributed by atoms with Crippen LogP contribution in [-0.4, -0.2) is 74.3 Å². The Morgan fingerprint density at radius 1 is 0.456 bits per heavy atom. The van der Waals surface area contributed by atoms with E-state index >= 15 is 0 Å². The topological polar surface area (TPSA) is 111 Å². The van der Waals surface area contributed by atoms with Gasteiger partial charge in [0.05, 0.1) is 33.8 Å². The lowest BCUT2D eigenvalue weighted by atomic mass is 10.0. The fraction of sp³-hybridized carbons (Fsp3) is 0.768. The first-order valence-electron chi connectivity index (χ1n) is 32.9. The van der Waals surface area contributed by atoms with Gasteiger partial charge in [-0.15, -0.1) is 0 Å². The summed E-state index contributed by atoms with van der Waals surface area (Å²) in [4.78, 5) is 37.8. The number of nitrogens with one attached hydrogen (secondary N) is 1. The van der Waals surface area contributed by atoms with Crippen molar-refractivity contribution in [3.05, 3.63) is 85.1 Å². The van der Waals surface area contributed by atoms with Crippen LogP contribution in [0.3, 0.4) is 0 Å². The van der Waals surface area contributed by atoms with Gasteiger partial charge in [0.15, 0.2) is 0 Å². The summed E-state index contributed by atoms with van der Waals surface area (Å²) in [6.07, 6.45) is 77.2. The summed E-state index contributed by atoms with van der Waals surface area (Å²) in [7, 11) is 1.49. The van der Waals surface area contributed by atoms with Crippen molar-refractivity contribution in [2.24, 2.45) is 0 Å². The van der Waals surface area contributed by atoms with Crippen LogP contribution in [0, 0.1) is 0 Å². The van der Waals surface area contributed by atoms with E-state index in [9.17, 15) is 19.0 Å². The summed E-state index contributed by atoms with van der Waals surface area (Å²) in [6, 6.07) is -0.855. The number of amides is 1. The van der Waals surface area contributed by atoms with Crippen LogP contribution in [-0.2, 0) is 27.9 Å². The monoisotopic (exact) mass is 1130 g/mol. The normalized spacial score (nSPS) is 14.2. The largest absolute Gasteiger partial charge is 0.472 e. The molecule has 0 rings (SSSR count). The number of carbonyl (C=O) groups excluding carboxylic acids is 2. The quantitative estimate of drug-likeness (QED) is 0.0205. The molecule has 2 N–H and O–H groups in total. The number of hydrogen-bond donors (Lipinski definition) is 2. The summed E-state index contributed by atoms with van der Waals surface area (Å²) in [5.41, 5.74) is 0. The first-order valence-corrected chi connectivity index (χ1v) is 34.4. The molecule has 0 saturated heterocycles. The lowest BCUT2D eigenvalue weighted by Crippen LogP contribution is -2.47. The molecular weight excluding hydrogens is 1000 g/mol. The predicted octanol–water partition coefficient (Wildman–Crippen LogP) is 20.6. The van der Waals surface area contributed by atoms with E-state index < -0.39 is 20.0 Å². The second-order valence-electron chi connectivity index (χ2n) is 23.3. The molecule has 458 valence electrons. The number of allylic oxidation sites excluding steroid dienone is 13. The van der Waals surface area contributed by atoms with Gasteiger partial charge in [0.2, 0.25) is 5.91 Å². The fourth-order valence-electron chi connectivity index (χ4n) is 9.30. The Labute approximate surface area is 488 Å². The SMILES string of the molecule is CC/C=C\C/C=C\C/C=C\C/C=C\C/C=C\C/C=C\CCCCCCCCCCC(=O)NC(COP(=O)(O)OCC[N+](C)(C)C)C(/C=C\CCCCCCCCCCCCC)OC(=O)CCCCCCCCCCCCCCC. The summed E-state index contributed by atoms with van der Waals surface area (Å²) >= 11 is 0. The fourth-order valence-corrected chi connectivity index (χ4v) is 10.0. The molecule has 0 aromatic carbocycles. The van der Waals surface area contributed by atoms with Crippen molar-refractivity contribution in [3.63, 3.8) is 0 Å². The minimum atomic E-state index is -4.45. The number of phosphoric acid groups is 1. The molecule has 0 spiro atoms. The van der Waals surface area contributed by atoms with Crippen LogP contribution in [0.1, 0.15) is 290 Å². The van der Waals surface area contributed by atoms with Gasteiger partial charge in [-0.05, 0) is 83.1 Å². The average Bonchev–Trinajstić information content (AvgIpc) is 3.41. The molecule has 9 nitrogen and oxygen atoms in total. The maximum Gasteiger partial charge on any atom is 0.472 e. The highest BCUT2D eigenvalue weighted by atomic mass is 31.2. The van der Waals surface area contributed by atoms with E-state index in [2.05, 4.69) is 99.0 Å². The lowest BCUT2D eigenvalue weighted by Gasteiger charge is -2.27. The van der Waals surface area contributed by atoms with E-state index in [1.54, 1.807) is 0 Å². The van der Waals surface area contributed by atoms with Crippen LogP contribution >= 0.6 is 7.82 Å². The summed E-state index contributed by atoms with van der Waals surface area (Å²) in [5.74, 6) is -0.509. The third-order valence-corrected chi connectivity index (χ3v) is 15.3. The van der Waals surface area contributed by atoms with E-state index in [-0.39, 0.29) is 25.1 Å². The number of hydrogen-bond acceptors (Lipinski definition) is 6. The van der Waals surface area contributed by atoms with Crippen molar-refractivity contribution in [1.29, 1.82) is 0 Å². The Bertz CT molecular complexity index is 1630. The highest BCUT2D eigenvalue weighted by Gasteiger charge is 2.30. The highest BCUT2D eigenvalue weighted by molar-refractivity contribution is 7.47. The van der Waals surface area contributed by atoms with Gasteiger partial charge in [0.1, 0.15) is 19.3 Å². The third-order valence-electron chi connectivity index (χ3n) is 14.3. The van der Waals surface area contributed by atoms with Crippen molar-refractivity contribution >= 4 is 19.7 Å². The summed E-state index contributed by atoms with van der Waals surface area (Å²) < 4.78 is 30.7. The zero-order valence-corrected chi connectivity index (χ0v) is 53.2. The maximum absolute atomic E-state index is 13.6. The standard InChI is InChI=1S/C69H125N2O7P/c1-7-10-13-16-19-22-25-28-29-30-31-32-33-34-35-36-37-38-39-40-41-44-46-49-52-55-58-61-68(72)70-66(65-77-79(74,75)76-64-63-71(4,5)6)67(60-57-54-51-48-45-42-26-23-20-17-14-11-8-2)78-69(73)62-59-56-53-50-47-43-27-24-21-18-15-12-9-3/h10,13,19,22,28-29,31-32,34-35,37-38,57,60,66-67H,7-9,11-12,14-18,20-21,23-27,30,33,36,39-56,58-59,61-65H2,1-6H3,(H-,70,72,74,75)/p+1/b13-10-,22-19-,29-28-,32-31-,35-34-,38-37-,60-57-. The number of ether oxygens (including phenoxy) is 1. The molecule has 0 aromatic heterocycles. The van der Waals surface area contributed by atoms with E-state index in [1.807, 2.05) is 33.3 Å². The Morgan fingerprint density at radius 3 is 1.22 bits per heavy atom. The van der Waals surface area contributed by atoms with Crippen molar-refractivity contribution in [3.8, 4) is 0 Å². The summed E-state index contributed by atoms with van der Waals surface area (Å²) in [5, 5.41) is 3.06. The Kier molecular flexibility index (Phi) is 56.3. The molecule has 0 saturated carbocycles. The summed E-state index contributed by atoms with van der Waals surface area (Å²) in [6.45, 7) is 6.91. The number of unbranched alkanes of at least 4 members (excludes halogenated alkanes) is 31. The zero-order chi connectivity index (χ0) is 57.9. The zero-order valence-electron chi connectivity index (χ0n) is 52.3. The van der Waals surface area contributed by atoms with Gasteiger partial charge in [0, 0.05) is 12.8 Å². The molecule has 1 amide bonds. The lowest BCUT2D eigenvalue weighted by molar-refractivity contribution is -0.870. The van der Waals surface area contributed by atoms with E-state index in [4.69, 9.17) is 13.8 Å². The number of nitrogens with zero attached hydrogens (tertiary/aromatic N) is 1. The Balaban J connectivity index is 5.12. The van der Waals surface area contributed by atoms with Crippen LogP contribution in [0.15, 0.2) is 85.1 Å². The molecule has 0 aliphatic carbocycles. The number of carbonyl (C=O) groups is 2. The molecule has 3 atom stereocenters. The van der Waals surface area contributed by atoms with Gasteiger partial charge >= 0.3 is 13.8 Å². The van der Waals surface area contributed by atoms with Crippen LogP contribution in [0.4, 0.5) is 0 Å². The second-order valence-corrected chi connectivity index (χ2v) is 24.7. The first-order chi connectivity index (χ1) is 38.4. The van der Waals surface area contributed by atoms with E-state index in [1.165, 1.54) is 148 Å². The molecule has 0 aromatic rings. The van der Waals surface area contributed by atoms with Gasteiger partial charge in [-0.3, -0.25) is 18.6 Å². The molecule has 79 heavy (non-hydrogen) atoms. The van der Waals surface area contributed by atoms with Crippen LogP contribution < -0.4 is 5.32 Å². The van der Waals surface area contributed by atoms with Gasteiger partial charge in [0.25, 0.3) is 0 Å². The first kappa shape index (κ1) is 76.2. The third kappa shape index (κ3) is 59.6. The molecule has 0 radical (unpaired) electrons. The van der Waals surface area contributed by atoms with Crippen LogP contribution in [0.2, 0.25) is 0 Å². The van der Waals surface area contributed by atoms with Gasteiger partial charge < -0.3 is 19.4 Å². The Morgan fingerprint density at radius 2 is 0.810 bits per heavy atom. The van der Waals surface area contributed by atoms with Gasteiger partial charge in [-0.25, -0.2) is 4.57 Å². The van der Waals surface area contributed by atoms with Crippen molar-refractivity contribution in [2.75, 3.05) is 40.9 Å². The Hall–Kier alpha value is -2.81. The van der Waals surface area contributed by atoms with Gasteiger partial charge in [-0.1, -0.05) is 280 Å². The number of quaternary nitrogens is 1. The number of likely N-dealkylation sites (N-methyl/N-ethyl adjacent to an activating group) is 1. The highest BCUT2D eigenvalue weighted by Crippen LogP contribution is 2.43. The molecule has 0 aliphatic rings. The molecular formula is C69H126N2O7P+. The molecule has 0 bridgehead atoms. The maximum atomic E-state index is 13.6. The van der Waals surface area contributed by atoms with E-state index in [0.717, 1.165) is 109 Å².